The SMILES string of the molecule is CC1CCCN1Cc1cc(NC(=O)Nc2[nH+]cc(CC[NH2+]c3nc[nH+]c4ccsc34)s2)ccc1F. The number of thiazole rings is 1. The number of urea groups is 1. The van der Waals surface area contributed by atoms with Crippen LogP contribution in [0.1, 0.15) is 30.2 Å². The Balaban J connectivity index is 1.13. The molecule has 1 unspecified atom stereocenters. The van der Waals surface area contributed by atoms with E-state index in [2.05, 4.69) is 54.2 Å². The van der Waals surface area contributed by atoms with E-state index in [-0.39, 0.29) is 11.8 Å². The highest BCUT2D eigenvalue weighted by Crippen LogP contribution is 2.23. The van der Waals surface area contributed by atoms with Gasteiger partial charge in [-0.3, -0.25) is 15.5 Å². The van der Waals surface area contributed by atoms with E-state index >= 15 is 0 Å². The first-order chi connectivity index (χ1) is 17.0. The molecule has 5 rings (SSSR count). The average Bonchev–Trinajstić information content (AvgIpc) is 3.58. The molecule has 35 heavy (non-hydrogen) atoms. The summed E-state index contributed by atoms with van der Waals surface area (Å²) in [6.45, 7) is 4.55. The number of hydrogen-bond acceptors (Lipinski definition) is 5. The van der Waals surface area contributed by atoms with Gasteiger partial charge in [0.2, 0.25) is 0 Å². The highest BCUT2D eigenvalue weighted by Gasteiger charge is 2.22. The number of fused-ring (bicyclic) bond motifs is 1. The minimum atomic E-state index is -0.363. The predicted octanol–water partition coefficient (Wildman–Crippen LogP) is 3.19. The van der Waals surface area contributed by atoms with Crippen LogP contribution in [-0.2, 0) is 13.0 Å². The summed E-state index contributed by atoms with van der Waals surface area (Å²) in [5.74, 6) is 0.747. The van der Waals surface area contributed by atoms with Crippen molar-refractivity contribution < 1.29 is 24.5 Å². The number of amides is 2. The van der Waals surface area contributed by atoms with E-state index in [1.54, 1.807) is 29.8 Å². The van der Waals surface area contributed by atoms with Crippen LogP contribution in [0.4, 0.5) is 25.8 Å². The number of carbonyl (C=O) groups is 1. The quantitative estimate of drug-likeness (QED) is 0.337. The zero-order chi connectivity index (χ0) is 24.2. The molecule has 0 aliphatic carbocycles. The van der Waals surface area contributed by atoms with Gasteiger partial charge in [-0.1, -0.05) is 11.3 Å². The lowest BCUT2D eigenvalue weighted by atomic mass is 10.1. The summed E-state index contributed by atoms with van der Waals surface area (Å²) >= 11 is 3.18. The van der Waals surface area contributed by atoms with Crippen LogP contribution in [0.5, 0.6) is 0 Å². The molecule has 182 valence electrons. The fraction of sp³-hybridized carbons (Fsp3) is 0.333. The summed E-state index contributed by atoms with van der Waals surface area (Å²) in [6.07, 6.45) is 6.75. The Morgan fingerprint density at radius 3 is 3.09 bits per heavy atom. The molecule has 6 N–H and O–H groups in total. The number of H-pyrrole nitrogens is 2. The third kappa shape index (κ3) is 5.81. The van der Waals surface area contributed by atoms with E-state index in [1.807, 2.05) is 6.20 Å². The zero-order valence-corrected chi connectivity index (χ0v) is 21.1. The summed E-state index contributed by atoms with van der Waals surface area (Å²) < 4.78 is 15.5. The number of nitrogens with two attached hydrogens (primary N) is 1. The molecule has 0 spiro atoms. The van der Waals surface area contributed by atoms with Crippen molar-refractivity contribution in [2.45, 2.75) is 38.8 Å². The molecule has 1 atom stereocenters. The Labute approximate surface area is 210 Å². The summed E-state index contributed by atoms with van der Waals surface area (Å²) in [5, 5.41) is 10.5. The lowest BCUT2D eigenvalue weighted by Crippen LogP contribution is -2.79. The van der Waals surface area contributed by atoms with Crippen LogP contribution in [0.3, 0.4) is 0 Å². The molecule has 11 heteroatoms. The Morgan fingerprint density at radius 2 is 2.23 bits per heavy atom. The molecular weight excluding hydrogens is 485 g/mol. The van der Waals surface area contributed by atoms with Crippen molar-refractivity contribution in [1.82, 2.24) is 9.88 Å². The van der Waals surface area contributed by atoms with Gasteiger partial charge in [-0.2, -0.15) is 5.32 Å². The van der Waals surface area contributed by atoms with E-state index in [4.69, 9.17) is 0 Å². The third-order valence-electron chi connectivity index (χ3n) is 6.24. The number of nitrogens with one attached hydrogen (secondary N) is 4. The molecule has 1 aromatic carbocycles. The monoisotopic (exact) mass is 514 g/mol. The van der Waals surface area contributed by atoms with Gasteiger partial charge in [-0.25, -0.2) is 19.2 Å². The zero-order valence-electron chi connectivity index (χ0n) is 19.4. The normalized spacial score (nSPS) is 16.1. The van der Waals surface area contributed by atoms with Gasteiger partial charge in [0.15, 0.2) is 10.2 Å². The second-order valence-electron chi connectivity index (χ2n) is 8.73. The van der Waals surface area contributed by atoms with Gasteiger partial charge in [-0.15, -0.1) is 11.3 Å². The van der Waals surface area contributed by atoms with Crippen molar-refractivity contribution >= 4 is 55.6 Å². The number of anilines is 2. The number of thiophene rings is 1. The molecule has 3 aromatic heterocycles. The number of quaternary nitrogens is 1. The van der Waals surface area contributed by atoms with Gasteiger partial charge >= 0.3 is 17.0 Å². The maximum Gasteiger partial charge on any atom is 0.411 e. The summed E-state index contributed by atoms with van der Waals surface area (Å²) in [7, 11) is 0. The molecule has 1 fully saturated rings. The highest BCUT2D eigenvalue weighted by atomic mass is 32.1. The molecule has 8 nitrogen and oxygen atoms in total. The lowest BCUT2D eigenvalue weighted by molar-refractivity contribution is -0.573. The molecule has 1 aliphatic rings. The first-order valence-electron chi connectivity index (χ1n) is 11.7. The number of carbonyl (C=O) groups excluding carboxylic acids is 1. The molecule has 0 saturated carbocycles. The van der Waals surface area contributed by atoms with Gasteiger partial charge in [0.25, 0.3) is 6.33 Å². The first kappa shape index (κ1) is 23.7. The van der Waals surface area contributed by atoms with Crippen molar-refractivity contribution in [2.75, 3.05) is 23.7 Å². The van der Waals surface area contributed by atoms with Gasteiger partial charge in [0.1, 0.15) is 12.0 Å². The second-order valence-corrected chi connectivity index (χ2v) is 10.8. The summed E-state index contributed by atoms with van der Waals surface area (Å²) in [6, 6.07) is 6.87. The topological polar surface area (TPSA) is 102 Å². The Kier molecular flexibility index (Phi) is 7.28. The fourth-order valence-corrected chi connectivity index (χ4v) is 6.07. The minimum Gasteiger partial charge on any atom is -0.296 e. The van der Waals surface area contributed by atoms with Crippen LogP contribution in [0.15, 0.2) is 42.2 Å². The number of nitrogens with zero attached hydrogens (tertiary/aromatic N) is 2. The van der Waals surface area contributed by atoms with Crippen molar-refractivity contribution in [3.8, 4) is 0 Å². The lowest BCUT2D eigenvalue weighted by Gasteiger charge is -2.21. The van der Waals surface area contributed by atoms with Gasteiger partial charge in [0, 0.05) is 35.2 Å². The number of aromatic amines is 2. The second kappa shape index (κ2) is 10.7. The summed E-state index contributed by atoms with van der Waals surface area (Å²) in [4.78, 5) is 26.6. The Morgan fingerprint density at radius 1 is 1.31 bits per heavy atom. The van der Waals surface area contributed by atoms with Gasteiger partial charge < -0.3 is 0 Å². The average molecular weight is 515 g/mol. The van der Waals surface area contributed by atoms with E-state index in [0.717, 1.165) is 53.3 Å². The smallest absolute Gasteiger partial charge is 0.296 e. The van der Waals surface area contributed by atoms with E-state index in [1.165, 1.54) is 17.4 Å². The molecule has 1 saturated heterocycles. The molecular formula is C24H29FN7OS2+3. The third-order valence-corrected chi connectivity index (χ3v) is 8.19. The maximum atomic E-state index is 14.3. The molecule has 4 heterocycles. The van der Waals surface area contributed by atoms with E-state index < -0.39 is 0 Å². The minimum absolute atomic E-state index is 0.244. The maximum absolute atomic E-state index is 14.3. The number of benzene rings is 1. The largest absolute Gasteiger partial charge is 0.411 e. The Hall–Kier alpha value is -2.99. The number of hydrogen-bond donors (Lipinski definition) is 3. The fourth-order valence-electron chi connectivity index (χ4n) is 4.35. The molecule has 0 bridgehead atoms. The van der Waals surface area contributed by atoms with Crippen molar-refractivity contribution in [1.29, 1.82) is 0 Å². The predicted molar refractivity (Wildman–Crippen MR) is 135 cm³/mol. The van der Waals surface area contributed by atoms with Gasteiger partial charge in [-0.05, 0) is 56.0 Å². The molecule has 1 aliphatic heterocycles. The summed E-state index contributed by atoms with van der Waals surface area (Å²) in [5.41, 5.74) is 2.27. The van der Waals surface area contributed by atoms with Crippen LogP contribution in [-0.4, -0.2) is 35.0 Å². The standard InChI is InChI=1S/C24H26FN7OS2/c1-15-3-2-9-32(15)13-16-11-17(4-5-19(16)25)30-23(33)31-24-27-12-18(35-24)6-8-26-22-21-20(7-10-34-21)28-14-29-22/h4-5,7,10-12,14-15H,2-3,6,8-9,13H2,1H3,(H,26,28,29)(H2,27,30,31,33)/p+3. The van der Waals surface area contributed by atoms with E-state index in [0.29, 0.717) is 29.0 Å². The van der Waals surface area contributed by atoms with Crippen molar-refractivity contribution in [3.05, 3.63) is 58.4 Å². The van der Waals surface area contributed by atoms with Crippen LogP contribution in [0, 0.1) is 5.82 Å². The molecule has 2 amide bonds. The van der Waals surface area contributed by atoms with Crippen molar-refractivity contribution in [3.63, 3.8) is 0 Å². The van der Waals surface area contributed by atoms with Crippen molar-refractivity contribution in [2.24, 2.45) is 0 Å². The number of halogens is 1. The highest BCUT2D eigenvalue weighted by molar-refractivity contribution is 7.17. The number of likely N-dealkylation sites (tertiary alicyclic amines) is 1. The van der Waals surface area contributed by atoms with E-state index in [9.17, 15) is 9.18 Å². The molecule has 4 aromatic rings. The van der Waals surface area contributed by atoms with Gasteiger partial charge in [0.05, 0.1) is 11.4 Å². The van der Waals surface area contributed by atoms with Crippen LogP contribution in [0.2, 0.25) is 0 Å². The van der Waals surface area contributed by atoms with Crippen LogP contribution < -0.4 is 25.9 Å². The van der Waals surface area contributed by atoms with Crippen LogP contribution >= 0.6 is 22.7 Å². The number of rotatable bonds is 8. The van der Waals surface area contributed by atoms with Crippen LogP contribution in [0.25, 0.3) is 10.2 Å². The first-order valence-corrected chi connectivity index (χ1v) is 13.4. The Bertz CT molecular complexity index is 1320. The molecule has 0 radical (unpaired) electrons. The number of aromatic nitrogens is 3.